The van der Waals surface area contributed by atoms with Gasteiger partial charge in [-0.15, -0.1) is 11.3 Å². The summed E-state index contributed by atoms with van der Waals surface area (Å²) in [6.45, 7) is 2.67. The van der Waals surface area contributed by atoms with Gasteiger partial charge in [-0.25, -0.2) is 18.0 Å². The average Bonchev–Trinajstić information content (AvgIpc) is 3.25. The van der Waals surface area contributed by atoms with E-state index in [0.29, 0.717) is 17.1 Å². The molecule has 0 atom stereocenters. The number of amides is 3. The fourth-order valence-corrected chi connectivity index (χ4v) is 6.74. The van der Waals surface area contributed by atoms with E-state index in [0.717, 1.165) is 10.1 Å². The van der Waals surface area contributed by atoms with Crippen LogP contribution in [0.15, 0.2) is 53.4 Å². The SMILES string of the molecule is CCNC(=O)Nc1sc2ccccc2c1C(=O)N1CCN(S(=O)(=O)c2ccccc2C(=O)OC)CC1. The van der Waals surface area contributed by atoms with Crippen molar-refractivity contribution in [3.05, 3.63) is 59.7 Å². The zero-order valence-electron chi connectivity index (χ0n) is 19.8. The maximum Gasteiger partial charge on any atom is 0.339 e. The quantitative estimate of drug-likeness (QED) is 0.472. The molecule has 190 valence electrons. The van der Waals surface area contributed by atoms with Gasteiger partial charge in [0.25, 0.3) is 5.91 Å². The first kappa shape index (κ1) is 25.6. The van der Waals surface area contributed by atoms with Gasteiger partial charge in [-0.3, -0.25) is 10.1 Å². The standard InChI is InChI=1S/C24H26N4O6S2/c1-3-25-24(31)26-21-20(16-8-4-6-10-18(16)35-21)22(29)27-12-14-28(15-13-27)36(32,33)19-11-7-5-9-17(19)23(30)34-2/h4-11H,3,12-15H2,1-2H3,(H2,25,26,31). The Bertz CT molecular complexity index is 1410. The highest BCUT2D eigenvalue weighted by Crippen LogP contribution is 2.37. The molecule has 1 fully saturated rings. The summed E-state index contributed by atoms with van der Waals surface area (Å²) in [5, 5.41) is 6.60. The first-order chi connectivity index (χ1) is 17.3. The number of benzene rings is 2. The van der Waals surface area contributed by atoms with E-state index < -0.39 is 22.0 Å². The Labute approximate surface area is 212 Å². The van der Waals surface area contributed by atoms with Crippen LogP contribution in [0.1, 0.15) is 27.6 Å². The maximum absolute atomic E-state index is 13.6. The first-order valence-electron chi connectivity index (χ1n) is 11.3. The molecule has 1 saturated heterocycles. The molecule has 10 nitrogen and oxygen atoms in total. The van der Waals surface area contributed by atoms with Crippen molar-refractivity contribution in [3.8, 4) is 0 Å². The second-order valence-corrected chi connectivity index (χ2v) is 10.9. The molecule has 0 aliphatic carbocycles. The van der Waals surface area contributed by atoms with Crippen LogP contribution < -0.4 is 10.6 Å². The smallest absolute Gasteiger partial charge is 0.339 e. The van der Waals surface area contributed by atoms with Gasteiger partial charge in [-0.1, -0.05) is 30.3 Å². The van der Waals surface area contributed by atoms with E-state index in [1.54, 1.807) is 24.0 Å². The first-order valence-corrected chi connectivity index (χ1v) is 13.6. The number of nitrogens with one attached hydrogen (secondary N) is 2. The Morgan fingerprint density at radius 1 is 1.00 bits per heavy atom. The summed E-state index contributed by atoms with van der Waals surface area (Å²) < 4.78 is 33.5. The monoisotopic (exact) mass is 530 g/mol. The third-order valence-electron chi connectivity index (χ3n) is 5.81. The van der Waals surface area contributed by atoms with E-state index in [2.05, 4.69) is 10.6 Å². The lowest BCUT2D eigenvalue weighted by Crippen LogP contribution is -2.50. The number of carbonyl (C=O) groups is 3. The molecule has 2 N–H and O–H groups in total. The van der Waals surface area contributed by atoms with E-state index in [-0.39, 0.29) is 42.5 Å². The van der Waals surface area contributed by atoms with E-state index in [1.165, 1.54) is 34.9 Å². The molecule has 0 saturated carbocycles. The van der Waals surface area contributed by atoms with Crippen LogP contribution in [-0.4, -0.2) is 75.4 Å². The summed E-state index contributed by atoms with van der Waals surface area (Å²) in [6, 6.07) is 12.9. The van der Waals surface area contributed by atoms with Gasteiger partial charge < -0.3 is 15.0 Å². The Morgan fingerprint density at radius 3 is 2.36 bits per heavy atom. The largest absolute Gasteiger partial charge is 0.465 e. The molecule has 0 spiro atoms. The summed E-state index contributed by atoms with van der Waals surface area (Å²) in [5.74, 6) is -1.02. The fourth-order valence-electron chi connectivity index (χ4n) is 4.05. The van der Waals surface area contributed by atoms with Crippen LogP contribution in [0.2, 0.25) is 0 Å². The molecule has 2 aromatic carbocycles. The van der Waals surface area contributed by atoms with Gasteiger partial charge in [0.1, 0.15) is 5.00 Å². The Balaban J connectivity index is 1.56. The number of thiophene rings is 1. The molecule has 36 heavy (non-hydrogen) atoms. The van der Waals surface area contributed by atoms with Crippen molar-refractivity contribution in [2.24, 2.45) is 0 Å². The average molecular weight is 531 g/mol. The maximum atomic E-state index is 13.6. The number of methoxy groups -OCH3 is 1. The lowest BCUT2D eigenvalue weighted by atomic mass is 10.1. The highest BCUT2D eigenvalue weighted by molar-refractivity contribution is 7.89. The summed E-state index contributed by atoms with van der Waals surface area (Å²) in [6.07, 6.45) is 0. The van der Waals surface area contributed by atoms with E-state index in [4.69, 9.17) is 4.74 Å². The Morgan fingerprint density at radius 2 is 1.67 bits per heavy atom. The van der Waals surface area contributed by atoms with Crippen LogP contribution in [0.5, 0.6) is 0 Å². The number of fused-ring (bicyclic) bond motifs is 1. The van der Waals surface area contributed by atoms with Gasteiger partial charge in [0.05, 0.1) is 23.1 Å². The zero-order chi connectivity index (χ0) is 25.9. The van der Waals surface area contributed by atoms with Crippen molar-refractivity contribution < 1.29 is 27.5 Å². The zero-order valence-corrected chi connectivity index (χ0v) is 21.4. The van der Waals surface area contributed by atoms with E-state index in [9.17, 15) is 22.8 Å². The summed E-state index contributed by atoms with van der Waals surface area (Å²) >= 11 is 1.31. The van der Waals surface area contributed by atoms with Crippen molar-refractivity contribution >= 4 is 54.4 Å². The molecule has 2 heterocycles. The fraction of sp³-hybridized carbons (Fsp3) is 0.292. The predicted molar refractivity (Wildman–Crippen MR) is 137 cm³/mol. The van der Waals surface area contributed by atoms with E-state index in [1.807, 2.05) is 24.3 Å². The van der Waals surface area contributed by atoms with Crippen LogP contribution in [0, 0.1) is 0 Å². The number of urea groups is 1. The summed E-state index contributed by atoms with van der Waals surface area (Å²) in [5.41, 5.74) is 0.346. The molecule has 0 unspecified atom stereocenters. The number of hydrogen-bond donors (Lipinski definition) is 2. The topological polar surface area (TPSA) is 125 Å². The molecule has 4 rings (SSSR count). The number of hydrogen-bond acceptors (Lipinski definition) is 7. The molecule has 0 bridgehead atoms. The van der Waals surface area contributed by atoms with Crippen LogP contribution in [0.4, 0.5) is 9.80 Å². The number of sulfonamides is 1. The van der Waals surface area contributed by atoms with Crippen molar-refractivity contribution in [1.29, 1.82) is 0 Å². The Hall–Kier alpha value is -3.48. The number of piperazine rings is 1. The number of rotatable bonds is 6. The van der Waals surface area contributed by atoms with Crippen LogP contribution >= 0.6 is 11.3 Å². The lowest BCUT2D eigenvalue weighted by Gasteiger charge is -2.34. The summed E-state index contributed by atoms with van der Waals surface area (Å²) in [7, 11) is -2.79. The predicted octanol–water partition coefficient (Wildman–Crippen LogP) is 2.98. The van der Waals surface area contributed by atoms with Gasteiger partial charge in [-0.05, 0) is 25.1 Å². The molecule has 3 aromatic rings. The third-order valence-corrected chi connectivity index (χ3v) is 8.85. The van der Waals surface area contributed by atoms with Gasteiger partial charge in [0, 0.05) is 42.8 Å². The molecule has 1 aliphatic heterocycles. The van der Waals surface area contributed by atoms with Gasteiger partial charge >= 0.3 is 12.0 Å². The van der Waals surface area contributed by atoms with Gasteiger partial charge in [0.2, 0.25) is 10.0 Å². The highest BCUT2D eigenvalue weighted by Gasteiger charge is 2.34. The minimum Gasteiger partial charge on any atom is -0.465 e. The molecular formula is C24H26N4O6S2. The van der Waals surface area contributed by atoms with Gasteiger partial charge in [-0.2, -0.15) is 4.31 Å². The van der Waals surface area contributed by atoms with Crippen molar-refractivity contribution in [2.75, 3.05) is 45.2 Å². The van der Waals surface area contributed by atoms with Crippen molar-refractivity contribution in [1.82, 2.24) is 14.5 Å². The van der Waals surface area contributed by atoms with Crippen molar-refractivity contribution in [3.63, 3.8) is 0 Å². The second-order valence-electron chi connectivity index (χ2n) is 7.97. The second kappa shape index (κ2) is 10.6. The molecule has 1 aliphatic rings. The minimum absolute atomic E-state index is 0.0377. The number of ether oxygens (including phenoxy) is 1. The normalized spacial score (nSPS) is 14.4. The summed E-state index contributed by atoms with van der Waals surface area (Å²) in [4.78, 5) is 39.3. The highest BCUT2D eigenvalue weighted by atomic mass is 32.2. The number of nitrogens with zero attached hydrogens (tertiary/aromatic N) is 2. The lowest BCUT2D eigenvalue weighted by molar-refractivity contribution is 0.0596. The van der Waals surface area contributed by atoms with Crippen molar-refractivity contribution in [2.45, 2.75) is 11.8 Å². The minimum atomic E-state index is -3.98. The van der Waals surface area contributed by atoms with Gasteiger partial charge in [0.15, 0.2) is 0 Å². The van der Waals surface area contributed by atoms with E-state index >= 15 is 0 Å². The third kappa shape index (κ3) is 4.92. The van der Waals surface area contributed by atoms with Crippen LogP contribution in [0.25, 0.3) is 10.1 Å². The Kier molecular flexibility index (Phi) is 7.57. The number of anilines is 1. The molecular weight excluding hydrogens is 504 g/mol. The molecule has 0 radical (unpaired) electrons. The molecule has 12 heteroatoms. The van der Waals surface area contributed by atoms with Crippen LogP contribution in [-0.2, 0) is 14.8 Å². The molecule has 3 amide bonds. The number of carbonyl (C=O) groups excluding carboxylic acids is 3. The molecule has 1 aromatic heterocycles. The van der Waals surface area contributed by atoms with Crippen LogP contribution in [0.3, 0.4) is 0 Å². The number of esters is 1.